The summed E-state index contributed by atoms with van der Waals surface area (Å²) in [6.07, 6.45) is -1.73. The average molecular weight is 403 g/mol. The van der Waals surface area contributed by atoms with E-state index in [2.05, 4.69) is 4.98 Å². The maximum Gasteiger partial charge on any atom is 0.315 e. The molecule has 0 aliphatic carbocycles. The van der Waals surface area contributed by atoms with Gasteiger partial charge in [-0.3, -0.25) is 9.78 Å². The molecule has 0 bridgehead atoms. The molecule has 2 N–H and O–H groups in total. The Hall–Kier alpha value is -2.42. The van der Waals surface area contributed by atoms with Crippen LogP contribution in [0.2, 0.25) is 0 Å². The fourth-order valence-corrected chi connectivity index (χ4v) is 3.70. The van der Waals surface area contributed by atoms with Crippen LogP contribution in [0.15, 0.2) is 42.6 Å². The summed E-state index contributed by atoms with van der Waals surface area (Å²) in [5.41, 5.74) is 8.13. The van der Waals surface area contributed by atoms with Crippen molar-refractivity contribution in [3.63, 3.8) is 0 Å². The molecule has 2 aromatic rings. The summed E-state index contributed by atoms with van der Waals surface area (Å²) in [6, 6.07) is 11.5. The van der Waals surface area contributed by atoms with Gasteiger partial charge in [-0.2, -0.15) is 8.78 Å². The average Bonchev–Trinajstić information content (AvgIpc) is 3.01. The molecule has 1 amide bonds. The summed E-state index contributed by atoms with van der Waals surface area (Å²) in [4.78, 5) is 17.3. The Morgan fingerprint density at radius 3 is 2.34 bits per heavy atom. The molecule has 4 rings (SSSR count). The first-order chi connectivity index (χ1) is 13.7. The minimum absolute atomic E-state index is 0.0897. The van der Waals surface area contributed by atoms with E-state index in [9.17, 15) is 13.6 Å². The second-order valence-electron chi connectivity index (χ2n) is 8.01. The smallest absolute Gasteiger partial charge is 0.315 e. The number of pyridine rings is 1. The number of ether oxygens (including phenoxy) is 2. The van der Waals surface area contributed by atoms with Crippen molar-refractivity contribution in [1.82, 2.24) is 9.88 Å². The number of aromatic nitrogens is 1. The number of alkyl halides is 2. The zero-order valence-electron chi connectivity index (χ0n) is 16.3. The van der Waals surface area contributed by atoms with Crippen molar-refractivity contribution >= 4 is 5.91 Å². The summed E-state index contributed by atoms with van der Waals surface area (Å²) in [6.45, 7) is 4.26. The molecule has 8 heteroatoms. The fraction of sp³-hybridized carbons (Fsp3) is 0.429. The molecule has 6 nitrogen and oxygen atoms in total. The Kier molecular flexibility index (Phi) is 4.88. The molecule has 1 atom stereocenters. The zero-order chi connectivity index (χ0) is 20.8. The topological polar surface area (TPSA) is 77.7 Å². The first-order valence-electron chi connectivity index (χ1n) is 9.41. The zero-order valence-corrected chi connectivity index (χ0v) is 16.3. The van der Waals surface area contributed by atoms with Gasteiger partial charge in [0.15, 0.2) is 0 Å². The van der Waals surface area contributed by atoms with Gasteiger partial charge in [0.05, 0.1) is 25.5 Å². The van der Waals surface area contributed by atoms with Gasteiger partial charge in [-0.15, -0.1) is 0 Å². The standard InChI is InChI=1S/C21H23F2N3O3/c1-20(2)26(19(27)18(22)23)10-16(29-20)14-5-3-13(4-6-14)15-7-8-17(25-9-15)21(24)11-28-12-21/h3-9,16,18H,10-12,24H2,1-2H3/t16-/m0/s1. The quantitative estimate of drug-likeness (QED) is 0.850. The van der Waals surface area contributed by atoms with Gasteiger partial charge in [-0.05, 0) is 31.0 Å². The Morgan fingerprint density at radius 2 is 1.83 bits per heavy atom. The number of nitrogens with two attached hydrogens (primary N) is 1. The van der Waals surface area contributed by atoms with Crippen molar-refractivity contribution in [3.05, 3.63) is 53.9 Å². The lowest BCUT2D eigenvalue weighted by Crippen LogP contribution is -2.54. The molecule has 1 aromatic heterocycles. The summed E-state index contributed by atoms with van der Waals surface area (Å²) in [7, 11) is 0. The Bertz CT molecular complexity index is 896. The Labute approximate surface area is 167 Å². The molecule has 2 aliphatic heterocycles. The highest BCUT2D eigenvalue weighted by atomic mass is 19.3. The maximum absolute atomic E-state index is 12.9. The monoisotopic (exact) mass is 403 g/mol. The van der Waals surface area contributed by atoms with Crippen LogP contribution in [0.5, 0.6) is 0 Å². The van der Waals surface area contributed by atoms with Crippen LogP contribution >= 0.6 is 0 Å². The third-order valence-corrected chi connectivity index (χ3v) is 5.49. The van der Waals surface area contributed by atoms with Crippen LogP contribution < -0.4 is 5.73 Å². The molecule has 1 aromatic carbocycles. The minimum Gasteiger partial charge on any atom is -0.377 e. The lowest BCUT2D eigenvalue weighted by atomic mass is 9.93. The number of amides is 1. The van der Waals surface area contributed by atoms with Gasteiger partial charge >= 0.3 is 6.43 Å². The lowest BCUT2D eigenvalue weighted by Gasteiger charge is -2.37. The van der Waals surface area contributed by atoms with Crippen molar-refractivity contribution in [1.29, 1.82) is 0 Å². The molecule has 3 heterocycles. The van der Waals surface area contributed by atoms with Crippen LogP contribution in [-0.2, 0) is 19.8 Å². The molecule has 0 saturated carbocycles. The van der Waals surface area contributed by atoms with Crippen LogP contribution in [-0.4, -0.2) is 47.7 Å². The van der Waals surface area contributed by atoms with Crippen LogP contribution in [0.3, 0.4) is 0 Å². The van der Waals surface area contributed by atoms with Crippen LogP contribution in [0.4, 0.5) is 8.78 Å². The van der Waals surface area contributed by atoms with Crippen LogP contribution in [0.1, 0.15) is 31.2 Å². The summed E-state index contributed by atoms with van der Waals surface area (Å²) < 4.78 is 36.8. The number of rotatable bonds is 4. The molecular formula is C21H23F2N3O3. The molecule has 0 radical (unpaired) electrons. The molecule has 0 spiro atoms. The van der Waals surface area contributed by atoms with E-state index in [1.54, 1.807) is 20.0 Å². The van der Waals surface area contributed by atoms with Crippen molar-refractivity contribution in [2.75, 3.05) is 19.8 Å². The number of carbonyl (C=O) groups excluding carboxylic acids is 1. The van der Waals surface area contributed by atoms with E-state index in [4.69, 9.17) is 15.2 Å². The number of halogens is 2. The van der Waals surface area contributed by atoms with Gasteiger partial charge in [0.25, 0.3) is 5.91 Å². The first kappa shape index (κ1) is 19.9. The second-order valence-corrected chi connectivity index (χ2v) is 8.01. The molecule has 2 saturated heterocycles. The largest absolute Gasteiger partial charge is 0.377 e. The molecule has 29 heavy (non-hydrogen) atoms. The van der Waals surface area contributed by atoms with Gasteiger partial charge in [0.1, 0.15) is 17.4 Å². The highest BCUT2D eigenvalue weighted by Crippen LogP contribution is 2.37. The van der Waals surface area contributed by atoms with Crippen molar-refractivity contribution in [3.8, 4) is 11.1 Å². The van der Waals surface area contributed by atoms with E-state index in [0.29, 0.717) is 13.2 Å². The van der Waals surface area contributed by atoms with E-state index in [1.165, 1.54) is 0 Å². The van der Waals surface area contributed by atoms with Gasteiger partial charge in [0.2, 0.25) is 0 Å². The number of nitrogens with zero attached hydrogens (tertiary/aromatic N) is 2. The van der Waals surface area contributed by atoms with E-state index < -0.39 is 29.7 Å². The van der Waals surface area contributed by atoms with Crippen molar-refractivity contribution < 1.29 is 23.0 Å². The SMILES string of the molecule is CC1(C)O[C@H](c2ccc(-c3ccc(C4(N)COC4)nc3)cc2)CN1C(=O)C(F)F. The highest BCUT2D eigenvalue weighted by Gasteiger charge is 2.45. The normalized spacial score (nSPS) is 22.6. The van der Waals surface area contributed by atoms with Gasteiger partial charge < -0.3 is 20.1 Å². The molecule has 0 unspecified atom stereocenters. The van der Waals surface area contributed by atoms with E-state index in [-0.39, 0.29) is 6.54 Å². The third kappa shape index (κ3) is 3.63. The Morgan fingerprint density at radius 1 is 1.17 bits per heavy atom. The van der Waals surface area contributed by atoms with Crippen LogP contribution in [0.25, 0.3) is 11.1 Å². The molecule has 2 aliphatic rings. The summed E-state index contributed by atoms with van der Waals surface area (Å²) >= 11 is 0. The lowest BCUT2D eigenvalue weighted by molar-refractivity contribution is -0.157. The van der Waals surface area contributed by atoms with Gasteiger partial charge in [-0.1, -0.05) is 30.3 Å². The maximum atomic E-state index is 12.9. The molecule has 2 fully saturated rings. The number of benzene rings is 1. The second kappa shape index (κ2) is 7.12. The number of hydrogen-bond donors (Lipinski definition) is 1. The third-order valence-electron chi connectivity index (χ3n) is 5.49. The fourth-order valence-electron chi connectivity index (χ4n) is 3.70. The molecular weight excluding hydrogens is 380 g/mol. The predicted molar refractivity (Wildman–Crippen MR) is 102 cm³/mol. The Balaban J connectivity index is 1.49. The van der Waals surface area contributed by atoms with Gasteiger partial charge in [0, 0.05) is 11.8 Å². The first-order valence-corrected chi connectivity index (χ1v) is 9.41. The summed E-state index contributed by atoms with van der Waals surface area (Å²) in [5, 5.41) is 0. The number of hydrogen-bond acceptors (Lipinski definition) is 5. The number of carbonyl (C=O) groups is 1. The van der Waals surface area contributed by atoms with Crippen molar-refractivity contribution in [2.45, 2.75) is 37.6 Å². The summed E-state index contributed by atoms with van der Waals surface area (Å²) in [5.74, 6) is -1.21. The molecule has 154 valence electrons. The van der Waals surface area contributed by atoms with Gasteiger partial charge in [-0.25, -0.2) is 0 Å². The van der Waals surface area contributed by atoms with Crippen molar-refractivity contribution in [2.24, 2.45) is 5.73 Å². The highest BCUT2D eigenvalue weighted by molar-refractivity contribution is 5.80. The minimum atomic E-state index is -3.05. The van der Waals surface area contributed by atoms with Crippen LogP contribution in [0, 0.1) is 0 Å². The predicted octanol–water partition coefficient (Wildman–Crippen LogP) is 2.83. The van der Waals surface area contributed by atoms with E-state index in [1.807, 2.05) is 36.4 Å². The van der Waals surface area contributed by atoms with E-state index in [0.717, 1.165) is 27.3 Å². The van der Waals surface area contributed by atoms with E-state index >= 15 is 0 Å².